The monoisotopic (exact) mass is 390 g/mol. The van der Waals surface area contributed by atoms with Crippen molar-refractivity contribution in [3.63, 3.8) is 0 Å². The molecule has 0 radical (unpaired) electrons. The van der Waals surface area contributed by atoms with Crippen molar-refractivity contribution in [3.8, 4) is 0 Å². The van der Waals surface area contributed by atoms with Crippen molar-refractivity contribution in [3.05, 3.63) is 85.4 Å². The zero-order valence-electron chi connectivity index (χ0n) is 13.6. The Hall–Kier alpha value is -2.64. The van der Waals surface area contributed by atoms with Gasteiger partial charge in [-0.15, -0.1) is 11.3 Å². The number of carbonyl (C=O) groups is 1. The quantitative estimate of drug-likeness (QED) is 0.429. The Morgan fingerprint density at radius 2 is 2.12 bits per heavy atom. The Morgan fingerprint density at radius 3 is 2.73 bits per heavy atom. The highest BCUT2D eigenvalue weighted by Gasteiger charge is 2.21. The average molecular weight is 391 g/mol. The smallest absolute Gasteiger partial charge is 0.270 e. The van der Waals surface area contributed by atoms with Crippen LogP contribution >= 0.6 is 22.9 Å². The molecule has 26 heavy (non-hydrogen) atoms. The summed E-state index contributed by atoms with van der Waals surface area (Å²) >= 11 is 7.75. The summed E-state index contributed by atoms with van der Waals surface area (Å²) in [4.78, 5) is 26.1. The lowest BCUT2D eigenvalue weighted by Crippen LogP contribution is -2.32. The van der Waals surface area contributed by atoms with Crippen LogP contribution in [0.5, 0.6) is 0 Å². The first-order chi connectivity index (χ1) is 12.5. The molecule has 3 rings (SSSR count). The highest BCUT2D eigenvalue weighted by atomic mass is 35.5. The minimum Gasteiger partial charge on any atom is -0.467 e. The minimum absolute atomic E-state index is 0.0600. The van der Waals surface area contributed by atoms with Gasteiger partial charge in [0.1, 0.15) is 5.76 Å². The maximum absolute atomic E-state index is 13.0. The maximum Gasteiger partial charge on any atom is 0.270 e. The topological polar surface area (TPSA) is 76.6 Å². The number of rotatable bonds is 7. The molecule has 8 heteroatoms. The lowest BCUT2D eigenvalue weighted by atomic mass is 10.1. The molecule has 0 aliphatic heterocycles. The minimum atomic E-state index is -0.544. The van der Waals surface area contributed by atoms with Crippen molar-refractivity contribution in [2.75, 3.05) is 6.54 Å². The third-order valence-corrected chi connectivity index (χ3v) is 5.07. The van der Waals surface area contributed by atoms with Gasteiger partial charge in [-0.1, -0.05) is 17.7 Å². The van der Waals surface area contributed by atoms with Crippen LogP contribution in [0.3, 0.4) is 0 Å². The van der Waals surface area contributed by atoms with E-state index in [-0.39, 0.29) is 22.2 Å². The summed E-state index contributed by atoms with van der Waals surface area (Å²) in [5.41, 5.74) is 0.0812. The predicted molar refractivity (Wildman–Crippen MR) is 99.6 cm³/mol. The third kappa shape index (κ3) is 4.30. The van der Waals surface area contributed by atoms with E-state index in [1.54, 1.807) is 34.6 Å². The fourth-order valence-corrected chi connectivity index (χ4v) is 3.46. The Balaban J connectivity index is 1.82. The van der Waals surface area contributed by atoms with Gasteiger partial charge < -0.3 is 9.32 Å². The standard InChI is InChI=1S/C18H15ClN2O4S/c19-17-11-13(21(23)24)5-6-16(17)18(22)20(12-14-3-1-9-25-14)8-7-15-4-2-10-26-15/h1-6,9-11H,7-8,12H2. The molecule has 0 aliphatic carbocycles. The van der Waals surface area contributed by atoms with Crippen molar-refractivity contribution in [2.45, 2.75) is 13.0 Å². The van der Waals surface area contributed by atoms with E-state index in [9.17, 15) is 14.9 Å². The van der Waals surface area contributed by atoms with Crippen molar-refractivity contribution in [2.24, 2.45) is 0 Å². The van der Waals surface area contributed by atoms with Crippen LogP contribution in [0.25, 0.3) is 0 Å². The fraction of sp³-hybridized carbons (Fsp3) is 0.167. The van der Waals surface area contributed by atoms with Gasteiger partial charge in [0.2, 0.25) is 0 Å². The van der Waals surface area contributed by atoms with E-state index in [2.05, 4.69) is 0 Å². The van der Waals surface area contributed by atoms with E-state index in [4.69, 9.17) is 16.0 Å². The number of furan rings is 1. The van der Waals surface area contributed by atoms with E-state index in [1.807, 2.05) is 17.5 Å². The van der Waals surface area contributed by atoms with Crippen molar-refractivity contribution in [1.82, 2.24) is 4.90 Å². The number of halogens is 1. The number of amides is 1. The van der Waals surface area contributed by atoms with Gasteiger partial charge in [0, 0.05) is 23.6 Å². The fourth-order valence-electron chi connectivity index (χ4n) is 2.50. The van der Waals surface area contributed by atoms with E-state index in [1.165, 1.54) is 18.2 Å². The number of nitro groups is 1. The third-order valence-electron chi connectivity index (χ3n) is 3.82. The van der Waals surface area contributed by atoms with Gasteiger partial charge in [0.05, 0.1) is 28.3 Å². The number of hydrogen-bond donors (Lipinski definition) is 0. The Labute approximate surface area is 158 Å². The second kappa shape index (κ2) is 8.16. The molecule has 0 saturated heterocycles. The molecule has 1 aromatic carbocycles. The summed E-state index contributed by atoms with van der Waals surface area (Å²) in [6.07, 6.45) is 2.25. The molecule has 3 aromatic rings. The summed E-state index contributed by atoms with van der Waals surface area (Å²) in [5.74, 6) is 0.361. The maximum atomic E-state index is 13.0. The van der Waals surface area contributed by atoms with Crippen molar-refractivity contribution in [1.29, 1.82) is 0 Å². The average Bonchev–Trinajstić information content (AvgIpc) is 3.31. The van der Waals surface area contributed by atoms with Gasteiger partial charge in [0.25, 0.3) is 11.6 Å². The Kier molecular flexibility index (Phi) is 5.70. The van der Waals surface area contributed by atoms with Crippen LogP contribution in [0.1, 0.15) is 21.0 Å². The second-order valence-electron chi connectivity index (χ2n) is 5.56. The molecule has 2 aromatic heterocycles. The molecule has 0 spiro atoms. The normalized spacial score (nSPS) is 10.7. The summed E-state index contributed by atoms with van der Waals surface area (Å²) in [6, 6.07) is 11.4. The molecule has 134 valence electrons. The summed E-state index contributed by atoms with van der Waals surface area (Å²) in [6.45, 7) is 0.776. The van der Waals surface area contributed by atoms with Gasteiger partial charge in [-0.2, -0.15) is 0 Å². The first kappa shape index (κ1) is 18.2. The largest absolute Gasteiger partial charge is 0.467 e. The summed E-state index contributed by atoms with van der Waals surface area (Å²) < 4.78 is 5.35. The van der Waals surface area contributed by atoms with E-state index < -0.39 is 4.92 Å². The number of hydrogen-bond acceptors (Lipinski definition) is 5. The van der Waals surface area contributed by atoms with Crippen LogP contribution in [0, 0.1) is 10.1 Å². The number of nitro benzene ring substituents is 1. The second-order valence-corrected chi connectivity index (χ2v) is 7.00. The molecule has 0 unspecified atom stereocenters. The SMILES string of the molecule is O=C(c1ccc([N+](=O)[O-])cc1Cl)N(CCc1cccs1)Cc1ccco1. The number of benzene rings is 1. The number of thiophene rings is 1. The van der Waals surface area contributed by atoms with Crippen LogP contribution in [-0.4, -0.2) is 22.3 Å². The van der Waals surface area contributed by atoms with Gasteiger partial charge in [-0.3, -0.25) is 14.9 Å². The molecule has 0 fully saturated rings. The van der Waals surface area contributed by atoms with Gasteiger partial charge >= 0.3 is 0 Å². The summed E-state index contributed by atoms with van der Waals surface area (Å²) in [5, 5.41) is 12.9. The molecule has 0 atom stereocenters. The number of carbonyl (C=O) groups excluding carboxylic acids is 1. The number of non-ortho nitro benzene ring substituents is 1. The molecular weight excluding hydrogens is 376 g/mol. The Bertz CT molecular complexity index is 894. The van der Waals surface area contributed by atoms with Crippen LogP contribution in [0.4, 0.5) is 5.69 Å². The zero-order valence-corrected chi connectivity index (χ0v) is 15.2. The predicted octanol–water partition coefficient (Wildman–Crippen LogP) is 4.79. The lowest BCUT2D eigenvalue weighted by molar-refractivity contribution is -0.384. The molecule has 0 saturated carbocycles. The number of nitrogens with zero attached hydrogens (tertiary/aromatic N) is 2. The first-order valence-corrected chi connectivity index (χ1v) is 9.08. The van der Waals surface area contributed by atoms with Crippen LogP contribution in [-0.2, 0) is 13.0 Å². The van der Waals surface area contributed by atoms with E-state index in [0.29, 0.717) is 25.3 Å². The first-order valence-electron chi connectivity index (χ1n) is 7.82. The van der Waals surface area contributed by atoms with E-state index >= 15 is 0 Å². The zero-order chi connectivity index (χ0) is 18.5. The van der Waals surface area contributed by atoms with Crippen molar-refractivity contribution >= 4 is 34.5 Å². The molecule has 2 heterocycles. The molecule has 0 bridgehead atoms. The van der Waals surface area contributed by atoms with E-state index in [0.717, 1.165) is 4.88 Å². The molecular formula is C18H15ClN2O4S. The van der Waals surface area contributed by atoms with Crippen LogP contribution in [0.2, 0.25) is 5.02 Å². The van der Waals surface area contributed by atoms with Crippen LogP contribution < -0.4 is 0 Å². The van der Waals surface area contributed by atoms with Gasteiger partial charge in [-0.25, -0.2) is 0 Å². The summed E-state index contributed by atoms with van der Waals surface area (Å²) in [7, 11) is 0. The molecule has 0 N–H and O–H groups in total. The van der Waals surface area contributed by atoms with Gasteiger partial charge in [-0.05, 0) is 36.1 Å². The van der Waals surface area contributed by atoms with Crippen LogP contribution in [0.15, 0.2) is 58.5 Å². The van der Waals surface area contributed by atoms with Gasteiger partial charge in [0.15, 0.2) is 0 Å². The molecule has 0 aliphatic rings. The highest BCUT2D eigenvalue weighted by Crippen LogP contribution is 2.24. The Morgan fingerprint density at radius 1 is 1.27 bits per heavy atom. The molecule has 6 nitrogen and oxygen atoms in total. The van der Waals surface area contributed by atoms with Crippen molar-refractivity contribution < 1.29 is 14.1 Å². The molecule has 1 amide bonds. The lowest BCUT2D eigenvalue weighted by Gasteiger charge is -2.22. The highest BCUT2D eigenvalue weighted by molar-refractivity contribution is 7.09.